The van der Waals surface area contributed by atoms with E-state index >= 15 is 0 Å². The van der Waals surface area contributed by atoms with Crippen LogP contribution < -0.4 is 5.32 Å². The van der Waals surface area contributed by atoms with Crippen molar-refractivity contribution in [2.24, 2.45) is 0 Å². The molecule has 2 aromatic rings. The molecule has 0 amide bonds. The molecule has 0 spiro atoms. The van der Waals surface area contributed by atoms with Crippen molar-refractivity contribution in [2.45, 2.75) is 18.9 Å². The summed E-state index contributed by atoms with van der Waals surface area (Å²) < 4.78 is 5.35. The summed E-state index contributed by atoms with van der Waals surface area (Å²) in [4.78, 5) is 4.25. The molecule has 1 atom stereocenters. The summed E-state index contributed by atoms with van der Waals surface area (Å²) in [5.41, 5.74) is 1.67. The molecule has 0 radical (unpaired) electrons. The molecule has 1 saturated heterocycles. The number of pyridine rings is 1. The highest BCUT2D eigenvalue weighted by molar-refractivity contribution is 5.53. The Morgan fingerprint density at radius 2 is 2.31 bits per heavy atom. The van der Waals surface area contributed by atoms with Crippen LogP contribution in [-0.4, -0.2) is 16.7 Å². The van der Waals surface area contributed by atoms with Crippen LogP contribution in [0.3, 0.4) is 0 Å². The molecule has 3 heterocycles. The van der Waals surface area contributed by atoms with Gasteiger partial charge in [-0.15, -0.1) is 0 Å². The Bertz CT molecular complexity index is 460. The van der Waals surface area contributed by atoms with E-state index in [9.17, 15) is 0 Å². The van der Waals surface area contributed by atoms with Gasteiger partial charge in [0, 0.05) is 12.3 Å². The zero-order chi connectivity index (χ0) is 10.8. The Balaban J connectivity index is 1.87. The minimum atomic E-state index is 0.324. The van der Waals surface area contributed by atoms with Crippen LogP contribution in [0.5, 0.6) is 0 Å². The molecule has 0 aromatic carbocycles. The molecule has 1 fully saturated rings. The van der Waals surface area contributed by atoms with Crippen molar-refractivity contribution in [1.82, 2.24) is 15.5 Å². The molecule has 16 heavy (non-hydrogen) atoms. The maximum Gasteiger partial charge on any atom is 0.154 e. The average molecular weight is 215 g/mol. The van der Waals surface area contributed by atoms with E-state index in [4.69, 9.17) is 4.52 Å². The minimum absolute atomic E-state index is 0.324. The van der Waals surface area contributed by atoms with Crippen molar-refractivity contribution in [2.75, 3.05) is 6.54 Å². The molecule has 4 nitrogen and oxygen atoms in total. The quantitative estimate of drug-likeness (QED) is 0.834. The number of nitrogens with zero attached hydrogens (tertiary/aromatic N) is 2. The second-order valence-electron chi connectivity index (χ2n) is 3.98. The zero-order valence-electron chi connectivity index (χ0n) is 8.89. The van der Waals surface area contributed by atoms with E-state index in [2.05, 4.69) is 15.5 Å². The Hall–Kier alpha value is -1.68. The number of hydrogen-bond donors (Lipinski definition) is 1. The minimum Gasteiger partial charge on any atom is -0.359 e. The Labute approximate surface area is 93.7 Å². The molecule has 2 aromatic heterocycles. The molecular weight excluding hydrogens is 202 g/mol. The average Bonchev–Trinajstić information content (AvgIpc) is 3.01. The van der Waals surface area contributed by atoms with Crippen molar-refractivity contribution in [3.8, 4) is 11.4 Å². The van der Waals surface area contributed by atoms with E-state index in [1.54, 1.807) is 6.20 Å². The maximum atomic E-state index is 5.35. The number of nitrogens with one attached hydrogen (secondary N) is 1. The molecule has 0 unspecified atom stereocenters. The first-order valence-electron chi connectivity index (χ1n) is 5.55. The van der Waals surface area contributed by atoms with Gasteiger partial charge in [-0.1, -0.05) is 11.2 Å². The molecule has 0 bridgehead atoms. The number of rotatable bonds is 2. The second kappa shape index (κ2) is 4.06. The largest absolute Gasteiger partial charge is 0.359 e. The third-order valence-electron chi connectivity index (χ3n) is 2.86. The SMILES string of the molecule is c1ccc(-c2cc([C@@H]3CCCN3)on2)nc1. The molecule has 3 rings (SSSR count). The molecule has 4 heteroatoms. The summed E-state index contributed by atoms with van der Waals surface area (Å²) in [6.07, 6.45) is 4.08. The molecule has 0 aliphatic carbocycles. The van der Waals surface area contributed by atoms with Gasteiger partial charge in [-0.25, -0.2) is 0 Å². The fourth-order valence-electron chi connectivity index (χ4n) is 2.02. The molecule has 0 saturated carbocycles. The summed E-state index contributed by atoms with van der Waals surface area (Å²) in [6, 6.07) is 8.08. The Morgan fingerprint density at radius 1 is 1.31 bits per heavy atom. The monoisotopic (exact) mass is 215 g/mol. The highest BCUT2D eigenvalue weighted by Gasteiger charge is 2.21. The summed E-state index contributed by atoms with van der Waals surface area (Å²) in [5.74, 6) is 0.915. The predicted molar refractivity (Wildman–Crippen MR) is 59.7 cm³/mol. The number of aromatic nitrogens is 2. The van der Waals surface area contributed by atoms with Crippen molar-refractivity contribution >= 4 is 0 Å². The summed E-state index contributed by atoms with van der Waals surface area (Å²) >= 11 is 0. The Morgan fingerprint density at radius 3 is 3.06 bits per heavy atom. The molecular formula is C12H13N3O. The van der Waals surface area contributed by atoms with E-state index in [-0.39, 0.29) is 0 Å². The van der Waals surface area contributed by atoms with Gasteiger partial charge in [0.05, 0.1) is 11.7 Å². The highest BCUT2D eigenvalue weighted by Crippen LogP contribution is 2.26. The highest BCUT2D eigenvalue weighted by atomic mass is 16.5. The first kappa shape index (κ1) is 9.54. The van der Waals surface area contributed by atoms with Gasteiger partial charge in [-0.05, 0) is 31.5 Å². The molecule has 1 aliphatic heterocycles. The van der Waals surface area contributed by atoms with Crippen LogP contribution in [0.25, 0.3) is 11.4 Å². The third kappa shape index (κ3) is 1.72. The lowest BCUT2D eigenvalue weighted by Gasteiger charge is -2.02. The second-order valence-corrected chi connectivity index (χ2v) is 3.98. The molecule has 1 N–H and O–H groups in total. The third-order valence-corrected chi connectivity index (χ3v) is 2.86. The van der Waals surface area contributed by atoms with Crippen molar-refractivity contribution in [3.05, 3.63) is 36.2 Å². The van der Waals surface area contributed by atoms with Crippen LogP contribution in [0.4, 0.5) is 0 Å². The van der Waals surface area contributed by atoms with Gasteiger partial charge in [0.2, 0.25) is 0 Å². The Kier molecular flexibility index (Phi) is 2.42. The summed E-state index contributed by atoms with van der Waals surface area (Å²) in [5, 5.41) is 7.44. The van der Waals surface area contributed by atoms with Gasteiger partial charge in [0.1, 0.15) is 5.69 Å². The van der Waals surface area contributed by atoms with E-state index in [0.717, 1.165) is 30.1 Å². The lowest BCUT2D eigenvalue weighted by atomic mass is 10.1. The standard InChI is InChI=1S/C12H13N3O/c1-2-6-13-9(4-1)11-8-12(16-15-11)10-5-3-7-14-10/h1-2,4,6,8,10,14H,3,5,7H2/t10-/m0/s1. The summed E-state index contributed by atoms with van der Waals surface area (Å²) in [7, 11) is 0. The first-order chi connectivity index (χ1) is 7.93. The van der Waals surface area contributed by atoms with E-state index in [1.165, 1.54) is 6.42 Å². The van der Waals surface area contributed by atoms with Crippen molar-refractivity contribution in [3.63, 3.8) is 0 Å². The van der Waals surface area contributed by atoms with Gasteiger partial charge >= 0.3 is 0 Å². The van der Waals surface area contributed by atoms with Crippen LogP contribution in [0.15, 0.2) is 35.0 Å². The van der Waals surface area contributed by atoms with E-state index in [1.807, 2.05) is 24.3 Å². The van der Waals surface area contributed by atoms with E-state index < -0.39 is 0 Å². The normalized spacial score (nSPS) is 20.1. The molecule has 82 valence electrons. The zero-order valence-corrected chi connectivity index (χ0v) is 8.89. The van der Waals surface area contributed by atoms with Crippen LogP contribution in [0, 0.1) is 0 Å². The number of hydrogen-bond acceptors (Lipinski definition) is 4. The van der Waals surface area contributed by atoms with Gasteiger partial charge < -0.3 is 9.84 Å². The first-order valence-corrected chi connectivity index (χ1v) is 5.55. The van der Waals surface area contributed by atoms with Gasteiger partial charge in [0.25, 0.3) is 0 Å². The van der Waals surface area contributed by atoms with Gasteiger partial charge in [-0.2, -0.15) is 0 Å². The van der Waals surface area contributed by atoms with Crippen molar-refractivity contribution in [1.29, 1.82) is 0 Å². The van der Waals surface area contributed by atoms with Crippen LogP contribution in [-0.2, 0) is 0 Å². The van der Waals surface area contributed by atoms with Gasteiger partial charge in [0.15, 0.2) is 5.76 Å². The lowest BCUT2D eigenvalue weighted by molar-refractivity contribution is 0.353. The van der Waals surface area contributed by atoms with E-state index in [0.29, 0.717) is 6.04 Å². The predicted octanol–water partition coefficient (Wildman–Crippen LogP) is 2.16. The van der Waals surface area contributed by atoms with Gasteiger partial charge in [-0.3, -0.25) is 4.98 Å². The fraction of sp³-hybridized carbons (Fsp3) is 0.333. The van der Waals surface area contributed by atoms with Crippen molar-refractivity contribution < 1.29 is 4.52 Å². The molecule has 1 aliphatic rings. The smallest absolute Gasteiger partial charge is 0.154 e. The topological polar surface area (TPSA) is 51.0 Å². The summed E-state index contributed by atoms with van der Waals surface area (Å²) in [6.45, 7) is 1.06. The van der Waals surface area contributed by atoms with Crippen LogP contribution >= 0.6 is 0 Å². The lowest BCUT2D eigenvalue weighted by Crippen LogP contribution is -2.11. The van der Waals surface area contributed by atoms with Crippen LogP contribution in [0.2, 0.25) is 0 Å². The van der Waals surface area contributed by atoms with Crippen LogP contribution in [0.1, 0.15) is 24.6 Å². The maximum absolute atomic E-state index is 5.35. The fourth-order valence-corrected chi connectivity index (χ4v) is 2.02.